The highest BCUT2D eigenvalue weighted by Gasteiger charge is 2.22. The van der Waals surface area contributed by atoms with Crippen molar-refractivity contribution in [3.8, 4) is 23.0 Å². The molecule has 5 aromatic rings. The highest BCUT2D eigenvalue weighted by molar-refractivity contribution is 6.08. The third kappa shape index (κ3) is 12.6. The Balaban J connectivity index is 1.27. The smallest absolute Gasteiger partial charge is 0.323 e. The molecule has 0 radical (unpaired) electrons. The summed E-state index contributed by atoms with van der Waals surface area (Å²) < 4.78 is 33.4. The minimum atomic E-state index is -0.510. The summed E-state index contributed by atoms with van der Waals surface area (Å²) in [5, 5.41) is 10.3. The molecule has 0 aliphatic carbocycles. The number of rotatable bonds is 20. The van der Waals surface area contributed by atoms with Crippen LogP contribution in [0.4, 0.5) is 16.2 Å². The van der Waals surface area contributed by atoms with Crippen LogP contribution in [0.25, 0.3) is 10.8 Å². The Morgan fingerprint density at radius 3 is 2.19 bits per heavy atom. The lowest BCUT2D eigenvalue weighted by Crippen LogP contribution is -2.27. The quantitative estimate of drug-likeness (QED) is 0.0597. The minimum absolute atomic E-state index is 0.0416. The number of hydrogen-bond donors (Lipinski definition) is 4. The molecule has 1 aromatic heterocycles. The summed E-state index contributed by atoms with van der Waals surface area (Å²) in [6.07, 6.45) is 2.04. The van der Waals surface area contributed by atoms with E-state index in [0.717, 1.165) is 21.9 Å². The zero-order valence-electron chi connectivity index (χ0n) is 34.4. The first-order chi connectivity index (χ1) is 28.4. The Hall–Kier alpha value is -6.22. The maximum absolute atomic E-state index is 13.5. The summed E-state index contributed by atoms with van der Waals surface area (Å²) in [6, 6.07) is 23.3. The molecule has 5 N–H and O–H groups in total. The predicted octanol–water partition coefficient (Wildman–Crippen LogP) is 7.01. The summed E-state index contributed by atoms with van der Waals surface area (Å²) in [7, 11) is 4.66. The number of nitrogens with one attached hydrogen (secondary N) is 3. The van der Waals surface area contributed by atoms with Crippen molar-refractivity contribution >= 4 is 40.0 Å². The molecular weight excluding hydrogens is 755 g/mol. The molecule has 0 aliphatic heterocycles. The van der Waals surface area contributed by atoms with Crippen molar-refractivity contribution in [3.63, 3.8) is 0 Å². The van der Waals surface area contributed by atoms with Crippen LogP contribution in [0.3, 0.4) is 0 Å². The molecule has 0 atom stereocenters. The number of methoxy groups -OCH3 is 3. The van der Waals surface area contributed by atoms with Gasteiger partial charge in [-0.15, -0.1) is 0 Å². The van der Waals surface area contributed by atoms with Gasteiger partial charge in [-0.1, -0.05) is 51.1 Å². The van der Waals surface area contributed by atoms with E-state index < -0.39 is 11.9 Å². The van der Waals surface area contributed by atoms with Gasteiger partial charge in [-0.05, 0) is 59.0 Å². The Morgan fingerprint density at radius 1 is 0.746 bits per heavy atom. The number of anilines is 2. The summed E-state index contributed by atoms with van der Waals surface area (Å²) in [6.45, 7) is 8.71. The van der Waals surface area contributed by atoms with Crippen LogP contribution in [0, 0.1) is 0 Å². The molecular formula is C45H53N5O9. The molecule has 59 heavy (non-hydrogen) atoms. The van der Waals surface area contributed by atoms with E-state index in [4.69, 9.17) is 34.2 Å². The van der Waals surface area contributed by atoms with Crippen LogP contribution in [0.5, 0.6) is 23.0 Å². The van der Waals surface area contributed by atoms with Crippen LogP contribution >= 0.6 is 0 Å². The fraction of sp³-hybridized carbons (Fsp3) is 0.333. The molecule has 1 heterocycles. The lowest BCUT2D eigenvalue weighted by molar-refractivity contribution is -0.117. The maximum Gasteiger partial charge on any atom is 0.323 e. The standard InChI is InChI=1S/C45H53N5O9/c1-45(2,3)32-24-30(26-41(46)51)42(56-6)39(27-32)50-44(53)49-38-11-12-40(37-10-8-7-9-36(37)38)59-34-13-14-47-33(28-34)22-29-21-31(25-35(23-29)55-5)43(52)48-15-16-57-19-20-58-18-17-54-4/h7-14,21,23-25,27-28H,15-20,22,26H2,1-6H3,(H2,46,51)(H,48,52)(H2,49,50,53). The number of hydrogen-bond acceptors (Lipinski definition) is 10. The molecule has 0 bridgehead atoms. The van der Waals surface area contributed by atoms with Gasteiger partial charge in [0.2, 0.25) is 5.91 Å². The molecule has 4 amide bonds. The van der Waals surface area contributed by atoms with Gasteiger partial charge >= 0.3 is 6.03 Å². The second-order valence-electron chi connectivity index (χ2n) is 14.7. The predicted molar refractivity (Wildman–Crippen MR) is 227 cm³/mol. The van der Waals surface area contributed by atoms with Gasteiger partial charge < -0.3 is 50.1 Å². The maximum atomic E-state index is 13.5. The van der Waals surface area contributed by atoms with Crippen LogP contribution in [0.15, 0.2) is 85.1 Å². The van der Waals surface area contributed by atoms with Crippen molar-refractivity contribution in [2.45, 2.75) is 39.0 Å². The average Bonchev–Trinajstić information content (AvgIpc) is 3.20. The van der Waals surface area contributed by atoms with E-state index in [9.17, 15) is 14.4 Å². The average molecular weight is 808 g/mol. The van der Waals surface area contributed by atoms with E-state index in [1.807, 2.05) is 75.4 Å². The Kier molecular flexibility index (Phi) is 15.6. The monoisotopic (exact) mass is 807 g/mol. The van der Waals surface area contributed by atoms with Gasteiger partial charge in [-0.25, -0.2) is 4.79 Å². The van der Waals surface area contributed by atoms with Gasteiger partial charge in [0.15, 0.2) is 0 Å². The number of nitrogens with two attached hydrogens (primary N) is 1. The van der Waals surface area contributed by atoms with Crippen molar-refractivity contribution in [2.24, 2.45) is 5.73 Å². The molecule has 312 valence electrons. The van der Waals surface area contributed by atoms with E-state index in [1.165, 1.54) is 7.11 Å². The molecule has 0 aliphatic rings. The molecule has 0 fully saturated rings. The lowest BCUT2D eigenvalue weighted by atomic mass is 9.85. The number of carbonyl (C=O) groups excluding carboxylic acids is 3. The number of nitrogens with zero attached hydrogens (tertiary/aromatic N) is 1. The van der Waals surface area contributed by atoms with Gasteiger partial charge in [0.05, 0.1) is 65.0 Å². The lowest BCUT2D eigenvalue weighted by Gasteiger charge is -2.23. The molecule has 0 spiro atoms. The number of carbonyl (C=O) groups is 3. The number of urea groups is 1. The highest BCUT2D eigenvalue weighted by atomic mass is 16.5. The van der Waals surface area contributed by atoms with Gasteiger partial charge in [0.1, 0.15) is 23.0 Å². The first-order valence-corrected chi connectivity index (χ1v) is 19.2. The second kappa shape index (κ2) is 21.0. The van der Waals surface area contributed by atoms with Crippen molar-refractivity contribution in [1.82, 2.24) is 10.3 Å². The number of primary amides is 1. The SMILES string of the molecule is COCCOCCOCCNC(=O)c1cc(Cc2cc(Oc3ccc(NC(=O)Nc4cc(C(C)(C)C)cc(CC(N)=O)c4OC)c4ccccc34)ccn2)cc(OC)c1. The van der Waals surface area contributed by atoms with Gasteiger partial charge in [-0.2, -0.15) is 0 Å². The zero-order chi connectivity index (χ0) is 42.4. The second-order valence-corrected chi connectivity index (χ2v) is 14.7. The fourth-order valence-electron chi connectivity index (χ4n) is 6.29. The topological polar surface area (TPSA) is 182 Å². The van der Waals surface area contributed by atoms with Crippen molar-refractivity contribution < 1.29 is 42.8 Å². The Bertz CT molecular complexity index is 2240. The van der Waals surface area contributed by atoms with Crippen molar-refractivity contribution in [2.75, 3.05) is 71.5 Å². The number of aromatic nitrogens is 1. The normalized spacial score (nSPS) is 11.2. The van der Waals surface area contributed by atoms with E-state index in [-0.39, 0.29) is 17.7 Å². The van der Waals surface area contributed by atoms with Gasteiger partial charge in [0, 0.05) is 59.9 Å². The van der Waals surface area contributed by atoms with Crippen LogP contribution < -0.4 is 35.9 Å². The van der Waals surface area contributed by atoms with Gasteiger partial charge in [0.25, 0.3) is 5.91 Å². The molecule has 0 saturated carbocycles. The largest absolute Gasteiger partial charge is 0.497 e. The van der Waals surface area contributed by atoms with E-state index in [2.05, 4.69) is 20.9 Å². The Morgan fingerprint density at radius 2 is 1.47 bits per heavy atom. The van der Waals surface area contributed by atoms with Gasteiger partial charge in [-0.3, -0.25) is 14.6 Å². The zero-order valence-corrected chi connectivity index (χ0v) is 34.4. The summed E-state index contributed by atoms with van der Waals surface area (Å²) in [5.41, 5.74) is 9.71. The minimum Gasteiger partial charge on any atom is -0.497 e. The van der Waals surface area contributed by atoms with Crippen LogP contribution in [-0.2, 0) is 37.3 Å². The highest BCUT2D eigenvalue weighted by Crippen LogP contribution is 2.37. The van der Waals surface area contributed by atoms with Crippen LogP contribution in [0.1, 0.15) is 53.5 Å². The molecule has 4 aromatic carbocycles. The van der Waals surface area contributed by atoms with Crippen molar-refractivity contribution in [3.05, 3.63) is 113 Å². The number of fused-ring (bicyclic) bond motifs is 1. The molecule has 0 unspecified atom stereocenters. The fourth-order valence-corrected chi connectivity index (χ4v) is 6.29. The number of benzene rings is 4. The molecule has 0 saturated heterocycles. The third-order valence-electron chi connectivity index (χ3n) is 9.18. The number of amides is 4. The summed E-state index contributed by atoms with van der Waals surface area (Å²) in [5.74, 6) is 1.28. The molecule has 14 nitrogen and oxygen atoms in total. The third-order valence-corrected chi connectivity index (χ3v) is 9.18. The van der Waals surface area contributed by atoms with E-state index >= 15 is 0 Å². The van der Waals surface area contributed by atoms with E-state index in [0.29, 0.717) is 97.2 Å². The van der Waals surface area contributed by atoms with Crippen LogP contribution in [0.2, 0.25) is 0 Å². The first kappa shape index (κ1) is 43.9. The Labute approximate surface area is 344 Å². The van der Waals surface area contributed by atoms with E-state index in [1.54, 1.807) is 44.7 Å². The van der Waals surface area contributed by atoms with Crippen LogP contribution in [-0.4, -0.2) is 83.7 Å². The first-order valence-electron chi connectivity index (χ1n) is 19.2. The number of pyridine rings is 1. The molecule has 5 rings (SSSR count). The number of ether oxygens (including phenoxy) is 6. The summed E-state index contributed by atoms with van der Waals surface area (Å²) in [4.78, 5) is 43.0. The summed E-state index contributed by atoms with van der Waals surface area (Å²) >= 11 is 0. The molecule has 14 heteroatoms. The van der Waals surface area contributed by atoms with Crippen molar-refractivity contribution in [1.29, 1.82) is 0 Å².